The Morgan fingerprint density at radius 3 is 2.58 bits per heavy atom. The third-order valence-corrected chi connectivity index (χ3v) is 3.21. The Morgan fingerprint density at radius 1 is 1.37 bits per heavy atom. The van der Waals surface area contributed by atoms with Crippen molar-refractivity contribution in [2.45, 2.75) is 45.7 Å². The van der Waals surface area contributed by atoms with Gasteiger partial charge in [-0.25, -0.2) is 8.78 Å². The van der Waals surface area contributed by atoms with E-state index in [9.17, 15) is 8.78 Å². The van der Waals surface area contributed by atoms with Gasteiger partial charge in [-0.3, -0.25) is 9.58 Å². The Bertz CT molecular complexity index is 350. The first-order valence-electron chi connectivity index (χ1n) is 6.85. The molecule has 1 aromatic rings. The number of hydrogen-bond donors (Lipinski definition) is 1. The van der Waals surface area contributed by atoms with Crippen molar-refractivity contribution in [2.75, 3.05) is 19.6 Å². The van der Waals surface area contributed by atoms with Crippen LogP contribution in [0.15, 0.2) is 12.3 Å². The molecular formula is C13H24F2N4. The van der Waals surface area contributed by atoms with Crippen LogP contribution in [-0.4, -0.2) is 40.7 Å². The molecule has 0 unspecified atom stereocenters. The van der Waals surface area contributed by atoms with Crippen LogP contribution < -0.4 is 5.73 Å². The highest BCUT2D eigenvalue weighted by Crippen LogP contribution is 2.15. The molecule has 0 aromatic carbocycles. The smallest absolute Gasteiger partial charge is 0.251 e. The molecule has 0 saturated heterocycles. The molecule has 0 spiro atoms. The molecule has 0 radical (unpaired) electrons. The zero-order valence-corrected chi connectivity index (χ0v) is 11.7. The van der Waals surface area contributed by atoms with Gasteiger partial charge in [0, 0.05) is 25.8 Å². The standard InChI is InChI=1S/C13H24F2N4/c1-3-12(4-2)19-7-5-11(17-19)9-18(8-6-16)10-13(14)15/h5,7,12-13H,3-4,6,8-10,16H2,1-2H3. The lowest BCUT2D eigenvalue weighted by Crippen LogP contribution is -2.33. The molecule has 1 heterocycles. The van der Waals surface area contributed by atoms with Crippen molar-refractivity contribution in [3.8, 4) is 0 Å². The second-order valence-corrected chi connectivity index (χ2v) is 4.67. The summed E-state index contributed by atoms with van der Waals surface area (Å²) in [5, 5.41) is 4.47. The van der Waals surface area contributed by atoms with E-state index in [-0.39, 0.29) is 6.54 Å². The Kier molecular flexibility index (Phi) is 6.94. The summed E-state index contributed by atoms with van der Waals surface area (Å²) in [7, 11) is 0. The minimum absolute atomic E-state index is 0.255. The van der Waals surface area contributed by atoms with E-state index >= 15 is 0 Å². The second kappa shape index (κ2) is 8.22. The van der Waals surface area contributed by atoms with Gasteiger partial charge in [-0.15, -0.1) is 0 Å². The van der Waals surface area contributed by atoms with E-state index in [2.05, 4.69) is 18.9 Å². The van der Waals surface area contributed by atoms with Gasteiger partial charge in [0.15, 0.2) is 0 Å². The minimum Gasteiger partial charge on any atom is -0.329 e. The van der Waals surface area contributed by atoms with E-state index in [1.807, 2.05) is 16.9 Å². The lowest BCUT2D eigenvalue weighted by Gasteiger charge is -2.20. The summed E-state index contributed by atoms with van der Waals surface area (Å²) in [4.78, 5) is 1.64. The van der Waals surface area contributed by atoms with Crippen molar-refractivity contribution in [2.24, 2.45) is 5.73 Å². The lowest BCUT2D eigenvalue weighted by atomic mass is 10.2. The fraction of sp³-hybridized carbons (Fsp3) is 0.769. The van der Waals surface area contributed by atoms with E-state index in [0.29, 0.717) is 25.7 Å². The lowest BCUT2D eigenvalue weighted by molar-refractivity contribution is 0.0855. The highest BCUT2D eigenvalue weighted by molar-refractivity contribution is 5.00. The van der Waals surface area contributed by atoms with E-state index in [1.165, 1.54) is 0 Å². The molecule has 0 bridgehead atoms. The van der Waals surface area contributed by atoms with Crippen LogP contribution >= 0.6 is 0 Å². The third-order valence-electron chi connectivity index (χ3n) is 3.21. The summed E-state index contributed by atoms with van der Waals surface area (Å²) in [5.74, 6) is 0. The first-order valence-corrected chi connectivity index (χ1v) is 6.85. The molecular weight excluding hydrogens is 250 g/mol. The fourth-order valence-corrected chi connectivity index (χ4v) is 2.17. The van der Waals surface area contributed by atoms with Gasteiger partial charge < -0.3 is 5.73 Å². The van der Waals surface area contributed by atoms with Gasteiger partial charge in [0.25, 0.3) is 6.43 Å². The SMILES string of the molecule is CCC(CC)n1ccc(CN(CCN)CC(F)F)n1. The molecule has 0 saturated carbocycles. The van der Waals surface area contributed by atoms with E-state index in [0.717, 1.165) is 18.5 Å². The van der Waals surface area contributed by atoms with Gasteiger partial charge in [0.05, 0.1) is 18.3 Å². The Morgan fingerprint density at radius 2 is 2.05 bits per heavy atom. The molecule has 6 heteroatoms. The quantitative estimate of drug-likeness (QED) is 0.751. The van der Waals surface area contributed by atoms with Crippen molar-refractivity contribution >= 4 is 0 Å². The van der Waals surface area contributed by atoms with Crippen molar-refractivity contribution in [3.63, 3.8) is 0 Å². The monoisotopic (exact) mass is 274 g/mol. The van der Waals surface area contributed by atoms with Crippen molar-refractivity contribution in [1.29, 1.82) is 0 Å². The summed E-state index contributed by atoms with van der Waals surface area (Å²) >= 11 is 0. The van der Waals surface area contributed by atoms with Crippen molar-refractivity contribution in [1.82, 2.24) is 14.7 Å². The topological polar surface area (TPSA) is 47.1 Å². The maximum absolute atomic E-state index is 12.4. The van der Waals surface area contributed by atoms with Crippen LogP contribution in [0.2, 0.25) is 0 Å². The third kappa shape index (κ3) is 5.24. The van der Waals surface area contributed by atoms with Crippen LogP contribution in [0.25, 0.3) is 0 Å². The molecule has 2 N–H and O–H groups in total. The van der Waals surface area contributed by atoms with Crippen LogP contribution in [0.1, 0.15) is 38.4 Å². The number of alkyl halides is 2. The van der Waals surface area contributed by atoms with E-state index < -0.39 is 6.43 Å². The minimum atomic E-state index is -2.34. The molecule has 4 nitrogen and oxygen atoms in total. The van der Waals surface area contributed by atoms with Gasteiger partial charge in [0.2, 0.25) is 0 Å². The highest BCUT2D eigenvalue weighted by Gasteiger charge is 2.14. The summed E-state index contributed by atoms with van der Waals surface area (Å²) in [6, 6.07) is 2.28. The van der Waals surface area contributed by atoms with Crippen molar-refractivity contribution in [3.05, 3.63) is 18.0 Å². The molecule has 1 aromatic heterocycles. The average Bonchev–Trinajstić information content (AvgIpc) is 2.78. The largest absolute Gasteiger partial charge is 0.329 e. The average molecular weight is 274 g/mol. The normalized spacial score (nSPS) is 12.0. The van der Waals surface area contributed by atoms with Crippen LogP contribution in [0, 0.1) is 0 Å². The molecule has 0 amide bonds. The fourth-order valence-electron chi connectivity index (χ4n) is 2.17. The van der Waals surface area contributed by atoms with Gasteiger partial charge in [0.1, 0.15) is 0 Å². The summed E-state index contributed by atoms with van der Waals surface area (Å²) in [6.07, 6.45) is 1.62. The zero-order chi connectivity index (χ0) is 14.3. The molecule has 0 aliphatic carbocycles. The summed E-state index contributed by atoms with van der Waals surface area (Å²) in [5.41, 5.74) is 6.26. The number of rotatable bonds is 9. The number of hydrogen-bond acceptors (Lipinski definition) is 3. The maximum atomic E-state index is 12.4. The number of aromatic nitrogens is 2. The molecule has 1 rings (SSSR count). The first-order chi connectivity index (χ1) is 9.10. The van der Waals surface area contributed by atoms with Crippen LogP contribution in [0.5, 0.6) is 0 Å². The van der Waals surface area contributed by atoms with Gasteiger partial charge in [-0.1, -0.05) is 13.8 Å². The predicted octanol–water partition coefficient (Wildman–Crippen LogP) is 2.27. The molecule has 0 aliphatic heterocycles. The van der Waals surface area contributed by atoms with Crippen LogP contribution in [-0.2, 0) is 6.54 Å². The number of nitrogens with two attached hydrogens (primary N) is 1. The molecule has 19 heavy (non-hydrogen) atoms. The maximum Gasteiger partial charge on any atom is 0.251 e. The molecule has 0 fully saturated rings. The number of halogens is 2. The molecule has 0 aliphatic rings. The second-order valence-electron chi connectivity index (χ2n) is 4.67. The van der Waals surface area contributed by atoms with Gasteiger partial charge >= 0.3 is 0 Å². The zero-order valence-electron chi connectivity index (χ0n) is 11.7. The van der Waals surface area contributed by atoms with Gasteiger partial charge in [-0.2, -0.15) is 5.10 Å². The number of nitrogens with zero attached hydrogens (tertiary/aromatic N) is 3. The summed E-state index contributed by atoms with van der Waals surface area (Å²) in [6.45, 7) is 5.24. The van der Waals surface area contributed by atoms with Gasteiger partial charge in [-0.05, 0) is 18.9 Å². The molecule has 0 atom stereocenters. The summed E-state index contributed by atoms with van der Waals surface area (Å²) < 4.78 is 26.8. The Balaban J connectivity index is 2.64. The molecule has 110 valence electrons. The van der Waals surface area contributed by atoms with Crippen LogP contribution in [0.4, 0.5) is 8.78 Å². The Labute approximate surface area is 113 Å². The van der Waals surface area contributed by atoms with E-state index in [4.69, 9.17) is 5.73 Å². The van der Waals surface area contributed by atoms with Crippen molar-refractivity contribution < 1.29 is 8.78 Å². The Hall–Kier alpha value is -1.01. The van der Waals surface area contributed by atoms with Crippen LogP contribution in [0.3, 0.4) is 0 Å². The predicted molar refractivity (Wildman–Crippen MR) is 72.2 cm³/mol. The first kappa shape index (κ1) is 16.0. The van der Waals surface area contributed by atoms with E-state index in [1.54, 1.807) is 4.90 Å². The highest BCUT2D eigenvalue weighted by atomic mass is 19.3.